The molecule has 29 heavy (non-hydrogen) atoms. The molecular weight excluding hydrogens is 394 g/mol. The maximum atomic E-state index is 12.9. The second-order valence-electron chi connectivity index (χ2n) is 6.69. The van der Waals surface area contributed by atoms with E-state index in [0.29, 0.717) is 18.9 Å². The third-order valence-corrected chi connectivity index (χ3v) is 5.91. The van der Waals surface area contributed by atoms with Crippen molar-refractivity contribution in [3.8, 4) is 11.5 Å². The lowest BCUT2D eigenvalue weighted by Crippen LogP contribution is -2.36. The van der Waals surface area contributed by atoms with E-state index >= 15 is 0 Å². The fraction of sp³-hybridized carbons (Fsp3) is 0.450. The van der Waals surface area contributed by atoms with Gasteiger partial charge in [-0.15, -0.1) is 11.3 Å². The van der Waals surface area contributed by atoms with Gasteiger partial charge in [0.05, 0.1) is 30.7 Å². The Hall–Kier alpha value is -2.65. The molecule has 1 unspecified atom stereocenters. The maximum Gasteiger partial charge on any atom is 0.286 e. The number of carbonyl (C=O) groups is 1. The summed E-state index contributed by atoms with van der Waals surface area (Å²) >= 11 is 1.65. The number of nitro groups is 1. The topological polar surface area (TPSA) is 93.9 Å². The molecule has 1 aliphatic heterocycles. The molecule has 1 amide bonds. The van der Waals surface area contributed by atoms with Crippen molar-refractivity contribution in [2.24, 2.45) is 0 Å². The van der Waals surface area contributed by atoms with Crippen molar-refractivity contribution in [2.45, 2.75) is 25.8 Å². The van der Waals surface area contributed by atoms with Gasteiger partial charge in [-0.05, 0) is 44.3 Å². The number of carbonyl (C=O) groups excluding carboxylic acids is 1. The first-order chi connectivity index (χ1) is 14.0. The van der Waals surface area contributed by atoms with Crippen LogP contribution in [0.2, 0.25) is 0 Å². The van der Waals surface area contributed by atoms with E-state index in [1.165, 1.54) is 24.1 Å². The van der Waals surface area contributed by atoms with Crippen molar-refractivity contribution >= 4 is 22.9 Å². The lowest BCUT2D eigenvalue weighted by atomic mass is 10.1. The monoisotopic (exact) mass is 419 g/mol. The zero-order chi connectivity index (χ0) is 20.8. The number of methoxy groups -OCH3 is 1. The minimum atomic E-state index is -0.579. The molecule has 1 aromatic heterocycles. The molecule has 1 aliphatic rings. The van der Waals surface area contributed by atoms with E-state index in [-0.39, 0.29) is 23.0 Å². The van der Waals surface area contributed by atoms with Crippen LogP contribution in [-0.4, -0.2) is 49.1 Å². The number of ether oxygens (including phenoxy) is 2. The lowest BCUT2D eigenvalue weighted by Gasteiger charge is -2.27. The molecule has 0 saturated carbocycles. The summed E-state index contributed by atoms with van der Waals surface area (Å²) in [6, 6.07) is 6.73. The van der Waals surface area contributed by atoms with Crippen LogP contribution in [0.3, 0.4) is 0 Å². The first-order valence-corrected chi connectivity index (χ1v) is 10.5. The number of nitrogens with zero attached hydrogens (tertiary/aromatic N) is 2. The van der Waals surface area contributed by atoms with Gasteiger partial charge in [-0.25, -0.2) is 0 Å². The van der Waals surface area contributed by atoms with Crippen LogP contribution in [0.1, 0.15) is 41.0 Å². The van der Waals surface area contributed by atoms with Crippen molar-refractivity contribution in [3.05, 3.63) is 50.2 Å². The van der Waals surface area contributed by atoms with Gasteiger partial charge >= 0.3 is 0 Å². The minimum Gasteiger partial charge on any atom is -0.493 e. The number of benzene rings is 1. The number of nitrogens with one attached hydrogen (secondary N) is 1. The SMILES string of the molecule is CCOc1cc(C(=O)NCC(c2cccs2)N2CCCC2)c([N+](=O)[O-])cc1OC. The number of hydrogen-bond donors (Lipinski definition) is 1. The Balaban J connectivity index is 1.83. The highest BCUT2D eigenvalue weighted by molar-refractivity contribution is 7.10. The van der Waals surface area contributed by atoms with E-state index in [2.05, 4.69) is 16.3 Å². The minimum absolute atomic E-state index is 0.0365. The first-order valence-electron chi connectivity index (χ1n) is 9.60. The molecule has 0 aliphatic carbocycles. The summed E-state index contributed by atoms with van der Waals surface area (Å²) in [6.45, 7) is 4.49. The van der Waals surface area contributed by atoms with E-state index in [0.717, 1.165) is 25.9 Å². The smallest absolute Gasteiger partial charge is 0.286 e. The number of hydrogen-bond acceptors (Lipinski definition) is 7. The first kappa shape index (κ1) is 21.1. The number of rotatable bonds is 9. The van der Waals surface area contributed by atoms with Crippen molar-refractivity contribution in [2.75, 3.05) is 33.4 Å². The van der Waals surface area contributed by atoms with Gasteiger partial charge in [-0.3, -0.25) is 19.8 Å². The number of likely N-dealkylation sites (tertiary alicyclic amines) is 1. The average Bonchev–Trinajstić information content (AvgIpc) is 3.42. The van der Waals surface area contributed by atoms with Gasteiger partial charge in [-0.2, -0.15) is 0 Å². The Morgan fingerprint density at radius 2 is 2.10 bits per heavy atom. The highest BCUT2D eigenvalue weighted by atomic mass is 32.1. The molecule has 9 heteroatoms. The maximum absolute atomic E-state index is 12.9. The van der Waals surface area contributed by atoms with Crippen LogP contribution < -0.4 is 14.8 Å². The summed E-state index contributed by atoms with van der Waals surface area (Å²) < 4.78 is 10.7. The molecule has 0 spiro atoms. The third kappa shape index (κ3) is 4.86. The van der Waals surface area contributed by atoms with Crippen LogP contribution in [0.5, 0.6) is 11.5 Å². The molecule has 156 valence electrons. The summed E-state index contributed by atoms with van der Waals surface area (Å²) in [5, 5.41) is 16.4. The summed E-state index contributed by atoms with van der Waals surface area (Å²) in [5.41, 5.74) is -0.345. The number of thiophene rings is 1. The fourth-order valence-corrected chi connectivity index (χ4v) is 4.40. The van der Waals surface area contributed by atoms with Crippen molar-refractivity contribution < 1.29 is 19.2 Å². The largest absolute Gasteiger partial charge is 0.493 e. The Morgan fingerprint density at radius 1 is 1.34 bits per heavy atom. The number of nitro benzene ring substituents is 1. The Morgan fingerprint density at radius 3 is 2.69 bits per heavy atom. The molecule has 1 aromatic carbocycles. The lowest BCUT2D eigenvalue weighted by molar-refractivity contribution is -0.385. The van der Waals surface area contributed by atoms with E-state index in [1.54, 1.807) is 18.3 Å². The second kappa shape index (κ2) is 9.71. The van der Waals surface area contributed by atoms with Crippen molar-refractivity contribution in [3.63, 3.8) is 0 Å². The summed E-state index contributed by atoms with van der Waals surface area (Å²) in [4.78, 5) is 27.3. The van der Waals surface area contributed by atoms with Gasteiger partial charge in [-0.1, -0.05) is 6.07 Å². The van der Waals surface area contributed by atoms with E-state index < -0.39 is 10.8 Å². The highest BCUT2D eigenvalue weighted by Gasteiger charge is 2.28. The van der Waals surface area contributed by atoms with Crippen LogP contribution in [0, 0.1) is 10.1 Å². The van der Waals surface area contributed by atoms with Gasteiger partial charge in [0.2, 0.25) is 0 Å². The zero-order valence-electron chi connectivity index (χ0n) is 16.6. The van der Waals surface area contributed by atoms with E-state index in [9.17, 15) is 14.9 Å². The van der Waals surface area contributed by atoms with Crippen LogP contribution in [0.25, 0.3) is 0 Å². The summed E-state index contributed by atoms with van der Waals surface area (Å²) in [7, 11) is 1.41. The molecule has 1 saturated heterocycles. The molecule has 8 nitrogen and oxygen atoms in total. The molecule has 1 fully saturated rings. The number of amides is 1. The highest BCUT2D eigenvalue weighted by Crippen LogP contribution is 2.35. The Labute approximate surface area is 173 Å². The Kier molecular flexibility index (Phi) is 7.05. The molecule has 0 radical (unpaired) electrons. The molecule has 2 aromatic rings. The predicted octanol–water partition coefficient (Wildman–Crippen LogP) is 3.63. The molecule has 1 N–H and O–H groups in total. The van der Waals surface area contributed by atoms with Crippen LogP contribution in [0.4, 0.5) is 5.69 Å². The summed E-state index contributed by atoms with van der Waals surface area (Å²) in [6.07, 6.45) is 2.27. The standard InChI is InChI=1S/C20H25N3O5S/c1-3-28-18-11-14(15(23(25)26)12-17(18)27-2)20(24)21-13-16(19-7-6-10-29-19)22-8-4-5-9-22/h6-7,10-12,16H,3-5,8-9,13H2,1-2H3,(H,21,24). The molecule has 1 atom stereocenters. The normalized spacial score (nSPS) is 15.1. The van der Waals surface area contributed by atoms with Crippen LogP contribution in [-0.2, 0) is 0 Å². The quantitative estimate of drug-likeness (QED) is 0.493. The molecular formula is C20H25N3O5S. The molecule has 3 rings (SSSR count). The van der Waals surface area contributed by atoms with Crippen LogP contribution in [0.15, 0.2) is 29.6 Å². The third-order valence-electron chi connectivity index (χ3n) is 4.93. The zero-order valence-corrected chi connectivity index (χ0v) is 17.4. The van der Waals surface area contributed by atoms with Gasteiger partial charge in [0.1, 0.15) is 5.56 Å². The van der Waals surface area contributed by atoms with Gasteiger partial charge < -0.3 is 14.8 Å². The van der Waals surface area contributed by atoms with Crippen molar-refractivity contribution in [1.29, 1.82) is 0 Å². The van der Waals surface area contributed by atoms with Crippen molar-refractivity contribution in [1.82, 2.24) is 10.2 Å². The van der Waals surface area contributed by atoms with Gasteiger partial charge in [0, 0.05) is 17.5 Å². The molecule has 0 bridgehead atoms. The average molecular weight is 420 g/mol. The fourth-order valence-electron chi connectivity index (χ4n) is 3.54. The second-order valence-corrected chi connectivity index (χ2v) is 7.67. The van der Waals surface area contributed by atoms with Crippen LogP contribution >= 0.6 is 11.3 Å². The van der Waals surface area contributed by atoms with Gasteiger partial charge in [0.25, 0.3) is 11.6 Å². The van der Waals surface area contributed by atoms with E-state index in [4.69, 9.17) is 9.47 Å². The summed E-state index contributed by atoms with van der Waals surface area (Å²) in [5.74, 6) is 0.0322. The Bertz CT molecular complexity index is 850. The predicted molar refractivity (Wildman–Crippen MR) is 111 cm³/mol. The van der Waals surface area contributed by atoms with Gasteiger partial charge in [0.15, 0.2) is 11.5 Å². The molecule has 2 heterocycles. The van der Waals surface area contributed by atoms with E-state index in [1.807, 2.05) is 11.4 Å².